The van der Waals surface area contributed by atoms with Gasteiger partial charge in [0.05, 0.1) is 17.8 Å². The molecule has 0 spiro atoms. The smallest absolute Gasteiger partial charge is 0.162 e. The number of rotatable bonds is 5. The lowest BCUT2D eigenvalue weighted by atomic mass is 10.1. The summed E-state index contributed by atoms with van der Waals surface area (Å²) < 4.78 is 28.3. The maximum absolute atomic E-state index is 14.2. The number of nitrogens with zero attached hydrogens (tertiary/aromatic N) is 6. The summed E-state index contributed by atoms with van der Waals surface area (Å²) in [5.41, 5.74) is 2.21. The second kappa shape index (κ2) is 9.09. The lowest BCUT2D eigenvalue weighted by molar-refractivity contribution is 0.522. The van der Waals surface area contributed by atoms with Crippen LogP contribution in [-0.2, 0) is 0 Å². The van der Waals surface area contributed by atoms with Crippen LogP contribution in [0.15, 0.2) is 48.9 Å². The first kappa shape index (κ1) is 22.2. The van der Waals surface area contributed by atoms with E-state index in [1.807, 2.05) is 6.20 Å². The van der Waals surface area contributed by atoms with E-state index in [4.69, 9.17) is 9.97 Å². The van der Waals surface area contributed by atoms with Gasteiger partial charge in [-0.1, -0.05) is 6.07 Å². The topological polar surface area (TPSA) is 103 Å². The number of aromatic nitrogens is 4. The van der Waals surface area contributed by atoms with Crippen molar-refractivity contribution in [1.29, 1.82) is 5.26 Å². The maximum atomic E-state index is 14.2. The van der Waals surface area contributed by atoms with Crippen LogP contribution in [0, 0.1) is 23.0 Å². The summed E-state index contributed by atoms with van der Waals surface area (Å²) >= 11 is 0. The maximum Gasteiger partial charge on any atom is 0.162 e. The molecule has 1 saturated carbocycles. The third-order valence-corrected chi connectivity index (χ3v) is 6.50. The molecule has 1 aromatic carbocycles. The molecule has 4 heterocycles. The number of anilines is 3. The number of fused-ring (bicyclic) bond motifs is 1. The SMILES string of the molecule is N#CC1CN(c2nc(-c3ccnc(Nc4c(F)cccc4F)c3)nc3cncc(C4CC4)c23)CCN1. The van der Waals surface area contributed by atoms with Gasteiger partial charge in [0, 0.05) is 43.0 Å². The fourth-order valence-corrected chi connectivity index (χ4v) is 4.56. The minimum atomic E-state index is -0.712. The Bertz CT molecular complexity index is 1480. The van der Waals surface area contributed by atoms with Crippen LogP contribution in [-0.4, -0.2) is 45.6 Å². The highest BCUT2D eigenvalue weighted by Gasteiger charge is 2.30. The number of pyridine rings is 2. The van der Waals surface area contributed by atoms with E-state index >= 15 is 0 Å². The zero-order valence-corrected chi connectivity index (χ0v) is 19.2. The molecular weight excluding hydrogens is 462 g/mol. The van der Waals surface area contributed by atoms with Gasteiger partial charge in [-0.25, -0.2) is 23.7 Å². The van der Waals surface area contributed by atoms with E-state index in [0.717, 1.165) is 35.1 Å². The molecule has 1 aliphatic carbocycles. The predicted molar refractivity (Wildman–Crippen MR) is 132 cm³/mol. The Morgan fingerprint density at radius 3 is 2.72 bits per heavy atom. The van der Waals surface area contributed by atoms with E-state index in [9.17, 15) is 14.0 Å². The molecule has 3 aromatic heterocycles. The summed E-state index contributed by atoms with van der Waals surface area (Å²) in [5, 5.41) is 16.4. The largest absolute Gasteiger partial charge is 0.352 e. The number of hydrogen-bond acceptors (Lipinski definition) is 8. The van der Waals surface area contributed by atoms with Crippen LogP contribution < -0.4 is 15.5 Å². The quantitative estimate of drug-likeness (QED) is 0.433. The van der Waals surface area contributed by atoms with Gasteiger partial charge in [-0.15, -0.1) is 0 Å². The molecule has 8 nitrogen and oxygen atoms in total. The Morgan fingerprint density at radius 2 is 1.94 bits per heavy atom. The Balaban J connectivity index is 1.45. The molecule has 180 valence electrons. The van der Waals surface area contributed by atoms with Crippen LogP contribution in [0.2, 0.25) is 0 Å². The van der Waals surface area contributed by atoms with E-state index in [1.165, 1.54) is 18.2 Å². The summed E-state index contributed by atoms with van der Waals surface area (Å²) in [6, 6.07) is 9.08. The van der Waals surface area contributed by atoms with Crippen LogP contribution in [0.3, 0.4) is 0 Å². The van der Waals surface area contributed by atoms with Crippen LogP contribution in [0.5, 0.6) is 0 Å². The summed E-state index contributed by atoms with van der Waals surface area (Å²) in [5.74, 6) is 0.493. The number of hydrogen-bond donors (Lipinski definition) is 2. The zero-order chi connectivity index (χ0) is 24.6. The van der Waals surface area contributed by atoms with Gasteiger partial charge in [-0.3, -0.25) is 10.3 Å². The van der Waals surface area contributed by atoms with Crippen molar-refractivity contribution in [1.82, 2.24) is 25.3 Å². The Hall–Kier alpha value is -4.23. The first-order valence-electron chi connectivity index (χ1n) is 11.8. The van der Waals surface area contributed by atoms with Gasteiger partial charge < -0.3 is 10.2 Å². The molecule has 10 heteroatoms. The van der Waals surface area contributed by atoms with Gasteiger partial charge in [0.15, 0.2) is 5.82 Å². The molecule has 36 heavy (non-hydrogen) atoms. The third-order valence-electron chi connectivity index (χ3n) is 6.50. The molecule has 6 rings (SSSR count). The minimum Gasteiger partial charge on any atom is -0.352 e. The molecule has 0 radical (unpaired) electrons. The van der Waals surface area contributed by atoms with Crippen molar-refractivity contribution in [3.8, 4) is 17.5 Å². The van der Waals surface area contributed by atoms with Crippen molar-refractivity contribution in [3.05, 3.63) is 66.1 Å². The molecule has 1 saturated heterocycles. The monoisotopic (exact) mass is 484 g/mol. The summed E-state index contributed by atoms with van der Waals surface area (Å²) in [6.45, 7) is 1.87. The fourth-order valence-electron chi connectivity index (χ4n) is 4.56. The predicted octanol–water partition coefficient (Wildman–Crippen LogP) is 4.29. The van der Waals surface area contributed by atoms with E-state index < -0.39 is 11.6 Å². The summed E-state index contributed by atoms with van der Waals surface area (Å²) in [7, 11) is 0. The molecule has 0 amide bonds. The average Bonchev–Trinajstić information content (AvgIpc) is 3.76. The Kier molecular flexibility index (Phi) is 5.62. The van der Waals surface area contributed by atoms with Gasteiger partial charge in [-0.05, 0) is 48.6 Å². The number of nitriles is 1. The van der Waals surface area contributed by atoms with Crippen molar-refractivity contribution in [2.45, 2.75) is 24.8 Å². The van der Waals surface area contributed by atoms with E-state index in [2.05, 4.69) is 31.6 Å². The highest BCUT2D eigenvalue weighted by molar-refractivity contribution is 5.94. The van der Waals surface area contributed by atoms with Crippen molar-refractivity contribution in [3.63, 3.8) is 0 Å². The molecule has 1 atom stereocenters. The molecule has 4 aromatic rings. The summed E-state index contributed by atoms with van der Waals surface area (Å²) in [4.78, 5) is 20.6. The molecule has 1 aliphatic heterocycles. The second-order valence-electron chi connectivity index (χ2n) is 9.00. The molecule has 0 bridgehead atoms. The van der Waals surface area contributed by atoms with Gasteiger partial charge in [0.2, 0.25) is 0 Å². The van der Waals surface area contributed by atoms with E-state index in [-0.39, 0.29) is 17.5 Å². The number of benzene rings is 1. The van der Waals surface area contributed by atoms with Crippen LogP contribution >= 0.6 is 0 Å². The van der Waals surface area contributed by atoms with Crippen molar-refractivity contribution >= 4 is 28.2 Å². The second-order valence-corrected chi connectivity index (χ2v) is 9.00. The standard InChI is InChI=1S/C26H22F2N8/c27-19-2-1-3-20(28)24(19)34-22-10-16(6-7-32-22)25-33-21-13-30-12-18(15-4-5-15)23(21)26(35-25)36-9-8-31-17(11-29)14-36/h1-3,6-7,10,12-13,15,17,31H,4-5,8-9,14H2,(H,32,34). The molecule has 1 unspecified atom stereocenters. The Morgan fingerprint density at radius 1 is 1.11 bits per heavy atom. The lowest BCUT2D eigenvalue weighted by Crippen LogP contribution is -2.50. The lowest BCUT2D eigenvalue weighted by Gasteiger charge is -2.32. The van der Waals surface area contributed by atoms with Gasteiger partial charge in [0.1, 0.15) is 35.0 Å². The van der Waals surface area contributed by atoms with E-state index in [1.54, 1.807) is 24.5 Å². The van der Waals surface area contributed by atoms with Crippen LogP contribution in [0.1, 0.15) is 24.3 Å². The average molecular weight is 485 g/mol. The summed E-state index contributed by atoms with van der Waals surface area (Å²) in [6.07, 6.45) is 7.38. The molecular formula is C26H22F2N8. The van der Waals surface area contributed by atoms with Crippen LogP contribution in [0.25, 0.3) is 22.3 Å². The van der Waals surface area contributed by atoms with Crippen molar-refractivity contribution in [2.75, 3.05) is 29.9 Å². The third kappa shape index (κ3) is 4.18. The Labute approximate surface area is 206 Å². The van der Waals surface area contributed by atoms with Crippen molar-refractivity contribution < 1.29 is 8.78 Å². The normalized spacial score (nSPS) is 17.7. The first-order chi connectivity index (χ1) is 17.6. The fraction of sp³-hybridized carbons (Fsp3) is 0.269. The zero-order valence-electron chi connectivity index (χ0n) is 19.2. The number of nitrogens with one attached hydrogen (secondary N) is 2. The molecule has 2 N–H and O–H groups in total. The minimum absolute atomic E-state index is 0.262. The highest BCUT2D eigenvalue weighted by Crippen LogP contribution is 2.45. The molecule has 2 aliphatic rings. The number of halogens is 2. The highest BCUT2D eigenvalue weighted by atomic mass is 19.1. The van der Waals surface area contributed by atoms with Gasteiger partial charge in [0.25, 0.3) is 0 Å². The molecule has 2 fully saturated rings. The number of para-hydroxylation sites is 1. The van der Waals surface area contributed by atoms with E-state index in [0.29, 0.717) is 36.9 Å². The first-order valence-corrected chi connectivity index (χ1v) is 11.8. The van der Waals surface area contributed by atoms with Gasteiger partial charge >= 0.3 is 0 Å². The number of piperazine rings is 1. The van der Waals surface area contributed by atoms with Crippen LogP contribution in [0.4, 0.5) is 26.1 Å². The van der Waals surface area contributed by atoms with Crippen molar-refractivity contribution in [2.24, 2.45) is 0 Å². The van der Waals surface area contributed by atoms with Gasteiger partial charge in [-0.2, -0.15) is 5.26 Å².